The van der Waals surface area contributed by atoms with Crippen LogP contribution < -0.4 is 0 Å². The van der Waals surface area contributed by atoms with Gasteiger partial charge in [0.1, 0.15) is 0 Å². The summed E-state index contributed by atoms with van der Waals surface area (Å²) in [5, 5.41) is 0. The van der Waals surface area contributed by atoms with Gasteiger partial charge in [0.05, 0.1) is 0 Å². The van der Waals surface area contributed by atoms with Crippen LogP contribution in [-0.4, -0.2) is 25.9 Å². The van der Waals surface area contributed by atoms with Crippen LogP contribution in [0.5, 0.6) is 0 Å². The Morgan fingerprint density at radius 1 is 1.17 bits per heavy atom. The van der Waals surface area contributed by atoms with Crippen LogP contribution in [-0.2, 0) is 0 Å². The van der Waals surface area contributed by atoms with Crippen LogP contribution in [0, 0.1) is 0 Å². The molecule has 38 valence electrons. The van der Waals surface area contributed by atoms with Crippen molar-refractivity contribution < 1.29 is 0 Å². The van der Waals surface area contributed by atoms with Crippen molar-refractivity contribution >= 4 is 28.0 Å². The Morgan fingerprint density at radius 3 is 1.33 bits per heavy atom. The van der Waals surface area contributed by atoms with E-state index in [1.165, 1.54) is 0 Å². The zero-order valence-corrected chi connectivity index (χ0v) is 9.61. The molecule has 0 aromatic carbocycles. The summed E-state index contributed by atoms with van der Waals surface area (Å²) in [4.78, 5) is 0. The van der Waals surface area contributed by atoms with Crippen LogP contribution in [0.3, 0.4) is 0 Å². The molecule has 0 aliphatic carbocycles. The van der Waals surface area contributed by atoms with Gasteiger partial charge >= 0.3 is 47.7 Å². The van der Waals surface area contributed by atoms with Gasteiger partial charge in [-0.2, -0.15) is 0 Å². The molecule has 0 amide bonds. The van der Waals surface area contributed by atoms with Crippen molar-refractivity contribution in [3.8, 4) is 0 Å². The molecule has 0 fully saturated rings. The molecule has 0 heterocycles. The molecule has 0 rings (SSSR count). The predicted molar refractivity (Wildman–Crippen MR) is 36.9 cm³/mol. The normalized spacial score (nSPS) is 12.0. The van der Waals surface area contributed by atoms with Crippen molar-refractivity contribution in [1.29, 1.82) is 0 Å². The molecule has 0 atom stereocenters. The molecule has 0 aromatic rings. The molecule has 0 aromatic heterocycles. The minimum atomic E-state index is -1.42. The Morgan fingerprint density at radius 2 is 1.33 bits per heavy atom. The third-order valence-electron chi connectivity index (χ3n) is 0.612. The maximum atomic E-state index is 2.43. The van der Waals surface area contributed by atoms with Crippen LogP contribution in [0.15, 0.2) is 0 Å². The molecular weight excluding hydrogens is 287 g/mol. The van der Waals surface area contributed by atoms with Gasteiger partial charge in [-0.05, 0) is 0 Å². The molecule has 0 saturated carbocycles. The zero-order valence-electron chi connectivity index (χ0n) is 4.91. The zero-order chi connectivity index (χ0) is 5.21. The van der Waals surface area contributed by atoms with E-state index < -0.39 is 19.7 Å². The minimum absolute atomic E-state index is 1.42. The number of hydrogen-bond acceptors (Lipinski definition) is 1. The third kappa shape index (κ3) is 5.27. The molecule has 0 aliphatic heterocycles. The van der Waals surface area contributed by atoms with Gasteiger partial charge in [0.15, 0.2) is 0 Å². The fourth-order valence-corrected chi connectivity index (χ4v) is 0. The van der Waals surface area contributed by atoms with Gasteiger partial charge < -0.3 is 0 Å². The Kier molecular flexibility index (Phi) is 3.09. The molecule has 0 aliphatic rings. The first kappa shape index (κ1) is 7.27. The summed E-state index contributed by atoms with van der Waals surface area (Å²) in [5.74, 6) is 0. The van der Waals surface area contributed by atoms with E-state index in [0.717, 1.165) is 0 Å². The summed E-state index contributed by atoms with van der Waals surface area (Å²) < 4.78 is 7.28. The number of hydrogen-bond donors (Lipinski definition) is 0. The fraction of sp³-hybridized carbons (Fsp3) is 1.00. The third-order valence-corrected chi connectivity index (χ3v) is 16.1. The molecule has 0 nitrogen and oxygen atoms in total. The summed E-state index contributed by atoms with van der Waals surface area (Å²) >= 11 is -1.42. The van der Waals surface area contributed by atoms with Gasteiger partial charge in [0.2, 0.25) is 0 Å². The predicted octanol–water partition coefficient (Wildman–Crippen LogP) is 2.18. The van der Waals surface area contributed by atoms with Crippen molar-refractivity contribution in [1.82, 2.24) is 0 Å². The van der Waals surface area contributed by atoms with E-state index in [2.05, 4.69) is 28.0 Å². The van der Waals surface area contributed by atoms with E-state index in [0.29, 0.717) is 0 Å². The second kappa shape index (κ2) is 2.55. The van der Waals surface area contributed by atoms with Crippen molar-refractivity contribution in [2.24, 2.45) is 0 Å². The maximum absolute atomic E-state index is 2.43. The monoisotopic (exact) mass is 300 g/mol. The molecule has 0 N–H and O–H groups in total. The molecule has 6 heavy (non-hydrogen) atoms. The summed E-state index contributed by atoms with van der Waals surface area (Å²) in [6.45, 7) is 0. The topological polar surface area (TPSA) is 0 Å². The summed E-state index contributed by atoms with van der Waals surface area (Å²) in [6.07, 6.45) is 2.22. The van der Waals surface area contributed by atoms with E-state index >= 15 is 0 Å². The second-order valence-corrected chi connectivity index (χ2v) is 34.7. The van der Waals surface area contributed by atoms with Gasteiger partial charge in [0, 0.05) is 0 Å². The van der Waals surface area contributed by atoms with Gasteiger partial charge in [-0.3, -0.25) is 0 Å². The van der Waals surface area contributed by atoms with E-state index in [-0.39, 0.29) is 0 Å². The molecule has 2 heteroatoms. The fourth-order valence-electron chi connectivity index (χ4n) is 0. The van der Waals surface area contributed by atoms with Gasteiger partial charge in [-0.1, -0.05) is 0 Å². The molecule has 0 saturated heterocycles. The van der Waals surface area contributed by atoms with Crippen LogP contribution in [0.25, 0.3) is 0 Å². The molecule has 0 radical (unpaired) electrons. The Labute approximate surface area is 47.5 Å². The van der Waals surface area contributed by atoms with Gasteiger partial charge in [-0.15, -0.1) is 0 Å². The SMILES string of the molecule is C[S][Pb]([CH3])([CH3])[CH3]. The Bertz CT molecular complexity index is 37.3. The first-order valence-corrected chi connectivity index (χ1v) is 19.8. The van der Waals surface area contributed by atoms with E-state index in [9.17, 15) is 0 Å². The standard InChI is InChI=1S/CH4S.3CH3.Pb/c1-2;;;;/h2H,1H3;3*1H3;/q;;;;+1/p-1. The van der Waals surface area contributed by atoms with E-state index in [1.54, 1.807) is 0 Å². The molecular formula is C4H12PbS. The van der Waals surface area contributed by atoms with Crippen molar-refractivity contribution in [2.75, 3.05) is 6.26 Å². The van der Waals surface area contributed by atoms with Crippen LogP contribution in [0.2, 0.25) is 13.4 Å². The average molecular weight is 299 g/mol. The van der Waals surface area contributed by atoms with Crippen LogP contribution in [0.1, 0.15) is 0 Å². The Balaban J connectivity index is 3.17. The first-order valence-electron chi connectivity index (χ1n) is 2.11. The number of rotatable bonds is 1. The van der Waals surface area contributed by atoms with E-state index in [4.69, 9.17) is 0 Å². The van der Waals surface area contributed by atoms with Crippen LogP contribution in [0.4, 0.5) is 0 Å². The second-order valence-electron chi connectivity index (χ2n) is 2.32. The van der Waals surface area contributed by atoms with Gasteiger partial charge in [-0.25, -0.2) is 0 Å². The summed E-state index contributed by atoms with van der Waals surface area (Å²) in [6, 6.07) is 0. The average Bonchev–Trinajstić information content (AvgIpc) is 1.35. The van der Waals surface area contributed by atoms with Gasteiger partial charge in [0.25, 0.3) is 0 Å². The quantitative estimate of drug-likeness (QED) is 0.669. The molecule has 0 spiro atoms. The molecule has 0 bridgehead atoms. The van der Waals surface area contributed by atoms with Crippen molar-refractivity contribution in [3.05, 3.63) is 0 Å². The van der Waals surface area contributed by atoms with Crippen molar-refractivity contribution in [3.63, 3.8) is 0 Å². The van der Waals surface area contributed by atoms with Crippen molar-refractivity contribution in [2.45, 2.75) is 13.4 Å². The summed E-state index contributed by atoms with van der Waals surface area (Å²) in [5.41, 5.74) is 0. The summed E-state index contributed by atoms with van der Waals surface area (Å²) in [7, 11) is 2.10. The van der Waals surface area contributed by atoms with Crippen LogP contribution >= 0.6 is 8.31 Å². The first-order chi connectivity index (χ1) is 2.56. The van der Waals surface area contributed by atoms with E-state index in [1.807, 2.05) is 0 Å². The Hall–Kier alpha value is 1.27. The molecule has 0 unspecified atom stereocenters.